The van der Waals surface area contributed by atoms with Crippen LogP contribution in [0.25, 0.3) is 0 Å². The minimum Gasteiger partial charge on any atom is -0.465 e. The van der Waals surface area contributed by atoms with Crippen LogP contribution >= 0.6 is 11.6 Å². The van der Waals surface area contributed by atoms with Gasteiger partial charge in [-0.05, 0) is 18.2 Å². The normalized spacial score (nSPS) is 11.2. The third kappa shape index (κ3) is 2.38. The van der Waals surface area contributed by atoms with Crippen molar-refractivity contribution in [2.75, 3.05) is 7.11 Å². The predicted molar refractivity (Wildman–Crippen MR) is 55.3 cm³/mol. The van der Waals surface area contributed by atoms with E-state index in [0.717, 1.165) is 0 Å². The van der Waals surface area contributed by atoms with E-state index in [9.17, 15) is 4.79 Å². The number of hydrogen-bond donors (Lipinski definition) is 2. The van der Waals surface area contributed by atoms with E-state index in [1.807, 2.05) is 0 Å². The first kappa shape index (κ1) is 11.3. The summed E-state index contributed by atoms with van der Waals surface area (Å²) in [5.74, 6) is -0.612. The number of nitrogens with zero attached hydrogens (tertiary/aromatic N) is 1. The number of carbonyl (C=O) groups excluding carboxylic acids is 1. The molecule has 0 atom stereocenters. The Morgan fingerprint density at radius 2 is 2.27 bits per heavy atom. The van der Waals surface area contributed by atoms with Gasteiger partial charge in [0.15, 0.2) is 5.84 Å². The molecule has 6 heteroatoms. The molecule has 1 aromatic rings. The Kier molecular flexibility index (Phi) is 3.51. The van der Waals surface area contributed by atoms with Crippen molar-refractivity contribution in [2.45, 2.75) is 0 Å². The molecule has 5 nitrogen and oxygen atoms in total. The van der Waals surface area contributed by atoms with Gasteiger partial charge in [-0.1, -0.05) is 16.8 Å². The molecule has 0 bridgehead atoms. The monoisotopic (exact) mass is 228 g/mol. The molecule has 0 spiro atoms. The molecule has 0 aliphatic carbocycles. The fourth-order valence-corrected chi connectivity index (χ4v) is 1.30. The predicted octanol–water partition coefficient (Wildman–Crippen LogP) is 1.22. The summed E-state index contributed by atoms with van der Waals surface area (Å²) in [6, 6.07) is 4.34. The lowest BCUT2D eigenvalue weighted by Gasteiger charge is -2.04. The molecule has 0 aliphatic rings. The Labute approximate surface area is 91.1 Å². The largest absolute Gasteiger partial charge is 0.465 e. The highest BCUT2D eigenvalue weighted by atomic mass is 35.5. The number of ether oxygens (including phenoxy) is 1. The molecule has 0 aliphatic heterocycles. The van der Waals surface area contributed by atoms with Gasteiger partial charge < -0.3 is 15.7 Å². The number of rotatable bonds is 2. The third-order valence-electron chi connectivity index (χ3n) is 1.77. The van der Waals surface area contributed by atoms with Crippen molar-refractivity contribution in [2.24, 2.45) is 10.9 Å². The summed E-state index contributed by atoms with van der Waals surface area (Å²) in [5.41, 5.74) is 6.01. The number of halogens is 1. The second-order valence-corrected chi connectivity index (χ2v) is 3.08. The molecule has 0 unspecified atom stereocenters. The van der Waals surface area contributed by atoms with Crippen LogP contribution in [0.1, 0.15) is 15.9 Å². The second kappa shape index (κ2) is 4.65. The third-order valence-corrected chi connectivity index (χ3v) is 2.09. The van der Waals surface area contributed by atoms with Gasteiger partial charge in [0.05, 0.1) is 17.7 Å². The van der Waals surface area contributed by atoms with E-state index in [-0.39, 0.29) is 10.9 Å². The van der Waals surface area contributed by atoms with Gasteiger partial charge in [-0.2, -0.15) is 0 Å². The average Bonchev–Trinajstić information content (AvgIpc) is 2.26. The van der Waals surface area contributed by atoms with E-state index in [4.69, 9.17) is 22.5 Å². The average molecular weight is 229 g/mol. The van der Waals surface area contributed by atoms with Gasteiger partial charge in [-0.3, -0.25) is 0 Å². The second-order valence-electron chi connectivity index (χ2n) is 2.67. The summed E-state index contributed by atoms with van der Waals surface area (Å²) >= 11 is 5.82. The molecule has 0 radical (unpaired) electrons. The summed E-state index contributed by atoms with van der Waals surface area (Å²) in [4.78, 5) is 11.1. The van der Waals surface area contributed by atoms with Gasteiger partial charge in [-0.25, -0.2) is 4.79 Å². The standard InChI is InChI=1S/C9H9ClN2O3/c1-15-9(13)5-2-3-6(7(10)4-5)8(11)12-14/h2-4,14H,1H3,(H2,11,12). The van der Waals surface area contributed by atoms with Crippen molar-refractivity contribution >= 4 is 23.4 Å². The van der Waals surface area contributed by atoms with E-state index in [0.29, 0.717) is 11.1 Å². The lowest BCUT2D eigenvalue weighted by atomic mass is 10.1. The lowest BCUT2D eigenvalue weighted by molar-refractivity contribution is 0.0600. The fraction of sp³-hybridized carbons (Fsp3) is 0.111. The van der Waals surface area contributed by atoms with E-state index >= 15 is 0 Å². The number of amidine groups is 1. The SMILES string of the molecule is COC(=O)c1ccc(C(N)=NO)c(Cl)c1. The summed E-state index contributed by atoms with van der Waals surface area (Å²) in [5, 5.41) is 11.5. The van der Waals surface area contributed by atoms with Crippen LogP contribution in [0.2, 0.25) is 5.02 Å². The van der Waals surface area contributed by atoms with Crippen molar-refractivity contribution < 1.29 is 14.7 Å². The molecule has 0 fully saturated rings. The zero-order valence-electron chi connectivity index (χ0n) is 7.90. The quantitative estimate of drug-likeness (QED) is 0.262. The first-order valence-corrected chi connectivity index (χ1v) is 4.33. The Hall–Kier alpha value is -1.75. The van der Waals surface area contributed by atoms with Crippen LogP contribution in [0.3, 0.4) is 0 Å². The number of esters is 1. The van der Waals surface area contributed by atoms with Crippen molar-refractivity contribution in [3.63, 3.8) is 0 Å². The van der Waals surface area contributed by atoms with Crippen LogP contribution in [0.15, 0.2) is 23.4 Å². The highest BCUT2D eigenvalue weighted by molar-refractivity contribution is 6.34. The molecule has 3 N–H and O–H groups in total. The maximum Gasteiger partial charge on any atom is 0.337 e. The molecule has 80 valence electrons. The summed E-state index contributed by atoms with van der Waals surface area (Å²) in [7, 11) is 1.27. The van der Waals surface area contributed by atoms with Crippen molar-refractivity contribution in [3.8, 4) is 0 Å². The number of carbonyl (C=O) groups is 1. The smallest absolute Gasteiger partial charge is 0.337 e. The molecule has 0 aromatic heterocycles. The van der Waals surface area contributed by atoms with Gasteiger partial charge in [0, 0.05) is 5.56 Å². The lowest BCUT2D eigenvalue weighted by Crippen LogP contribution is -2.14. The molecule has 0 saturated carbocycles. The van der Waals surface area contributed by atoms with Crippen molar-refractivity contribution in [3.05, 3.63) is 34.3 Å². The summed E-state index contributed by atoms with van der Waals surface area (Å²) < 4.78 is 4.51. The maximum atomic E-state index is 11.1. The number of oxime groups is 1. The number of hydrogen-bond acceptors (Lipinski definition) is 4. The van der Waals surface area contributed by atoms with Crippen LogP contribution in [0.4, 0.5) is 0 Å². The molecule has 0 saturated heterocycles. The first-order valence-electron chi connectivity index (χ1n) is 3.96. The molecular formula is C9H9ClN2O3. The molecule has 1 rings (SSSR count). The molecule has 0 amide bonds. The van der Waals surface area contributed by atoms with Crippen LogP contribution in [-0.4, -0.2) is 24.1 Å². The van der Waals surface area contributed by atoms with E-state index in [1.54, 1.807) is 0 Å². The minimum atomic E-state index is -0.497. The van der Waals surface area contributed by atoms with E-state index in [2.05, 4.69) is 9.89 Å². The van der Waals surface area contributed by atoms with Gasteiger partial charge >= 0.3 is 5.97 Å². The first-order chi connectivity index (χ1) is 7.10. The Bertz CT molecular complexity index is 418. The van der Waals surface area contributed by atoms with E-state index < -0.39 is 5.97 Å². The molecule has 1 aromatic carbocycles. The van der Waals surface area contributed by atoms with Crippen molar-refractivity contribution in [1.29, 1.82) is 0 Å². The molecule has 0 heterocycles. The highest BCUT2D eigenvalue weighted by Crippen LogP contribution is 2.18. The van der Waals surface area contributed by atoms with Crippen LogP contribution < -0.4 is 5.73 Å². The Morgan fingerprint density at radius 1 is 1.60 bits per heavy atom. The van der Waals surface area contributed by atoms with Gasteiger partial charge in [0.2, 0.25) is 0 Å². The zero-order chi connectivity index (χ0) is 11.4. The van der Waals surface area contributed by atoms with Crippen LogP contribution in [-0.2, 0) is 4.74 Å². The molecule has 15 heavy (non-hydrogen) atoms. The Morgan fingerprint density at radius 3 is 2.73 bits per heavy atom. The Balaban J connectivity index is 3.14. The van der Waals surface area contributed by atoms with E-state index in [1.165, 1.54) is 25.3 Å². The van der Waals surface area contributed by atoms with Crippen LogP contribution in [0.5, 0.6) is 0 Å². The topological polar surface area (TPSA) is 84.9 Å². The number of methoxy groups -OCH3 is 1. The minimum absolute atomic E-state index is 0.114. The van der Waals surface area contributed by atoms with Gasteiger partial charge in [-0.15, -0.1) is 0 Å². The number of nitrogens with two attached hydrogens (primary N) is 1. The number of benzene rings is 1. The maximum absolute atomic E-state index is 11.1. The van der Waals surface area contributed by atoms with Crippen molar-refractivity contribution in [1.82, 2.24) is 0 Å². The molecular weight excluding hydrogens is 220 g/mol. The summed E-state index contributed by atoms with van der Waals surface area (Å²) in [6.45, 7) is 0. The van der Waals surface area contributed by atoms with Gasteiger partial charge in [0.1, 0.15) is 0 Å². The fourth-order valence-electron chi connectivity index (χ4n) is 1.02. The van der Waals surface area contributed by atoms with Crippen LogP contribution in [0, 0.1) is 0 Å². The summed E-state index contributed by atoms with van der Waals surface area (Å²) in [6.07, 6.45) is 0. The van der Waals surface area contributed by atoms with Gasteiger partial charge in [0.25, 0.3) is 0 Å². The highest BCUT2D eigenvalue weighted by Gasteiger charge is 2.10. The zero-order valence-corrected chi connectivity index (χ0v) is 8.65.